The van der Waals surface area contributed by atoms with Gasteiger partial charge in [-0.25, -0.2) is 9.98 Å². The van der Waals surface area contributed by atoms with Crippen molar-refractivity contribution in [2.45, 2.75) is 6.17 Å². The molecule has 1 aliphatic heterocycles. The van der Waals surface area contributed by atoms with Crippen LogP contribution >= 0.6 is 0 Å². The summed E-state index contributed by atoms with van der Waals surface area (Å²) < 4.78 is 0. The van der Waals surface area contributed by atoms with E-state index in [4.69, 9.17) is 10.5 Å². The van der Waals surface area contributed by atoms with Crippen LogP contribution in [0.3, 0.4) is 0 Å². The van der Waals surface area contributed by atoms with Crippen LogP contribution in [0, 0.1) is 0 Å². The zero-order chi connectivity index (χ0) is 10.2. The predicted octanol–water partition coefficient (Wildman–Crippen LogP) is 0.0278. The molecule has 0 aromatic carbocycles. The molecule has 0 aromatic rings. The molecule has 1 heterocycles. The van der Waals surface area contributed by atoms with Gasteiger partial charge in [0.2, 0.25) is 6.17 Å². The minimum absolute atomic E-state index is 0.395. The largest absolute Gasteiger partial charge is 0.368 e. The van der Waals surface area contributed by atoms with E-state index < -0.39 is 6.17 Å². The van der Waals surface area contributed by atoms with E-state index in [0.717, 1.165) is 0 Å². The molecular formula is C4H8N6O4. The maximum atomic E-state index is 7.91. The molecule has 0 amide bonds. The van der Waals surface area contributed by atoms with Gasteiger partial charge in [-0.3, -0.25) is 4.99 Å². The van der Waals surface area contributed by atoms with Gasteiger partial charge in [0.25, 0.3) is 0 Å². The van der Waals surface area contributed by atoms with Crippen molar-refractivity contribution in [1.29, 1.82) is 0 Å². The quantitative estimate of drug-likeness (QED) is 0.330. The molecule has 10 heteroatoms. The maximum Gasteiger partial charge on any atom is 0.244 e. The highest BCUT2D eigenvalue weighted by Gasteiger charge is 2.18. The number of amidine groups is 1. The van der Waals surface area contributed by atoms with E-state index in [1.54, 1.807) is 0 Å². The molecule has 0 aliphatic carbocycles. The number of aliphatic imine (C=N–C) groups is 1. The monoisotopic (exact) mass is 204 g/mol. The van der Waals surface area contributed by atoms with Gasteiger partial charge in [0.05, 0.1) is 17.1 Å². The average molecular weight is 204 g/mol. The Morgan fingerprint density at radius 1 is 1.29 bits per heavy atom. The molecule has 0 spiro atoms. The first-order valence-corrected chi connectivity index (χ1v) is 3.58. The average Bonchev–Trinajstić information content (AvgIpc) is 2.71. The third-order valence-corrected chi connectivity index (χ3v) is 1.33. The van der Waals surface area contributed by atoms with Crippen molar-refractivity contribution in [2.75, 3.05) is 13.1 Å². The van der Waals surface area contributed by atoms with Gasteiger partial charge in [-0.2, -0.15) is 10.5 Å². The highest BCUT2D eigenvalue weighted by molar-refractivity contribution is 5.88. The Labute approximate surface area is 77.7 Å². The van der Waals surface area contributed by atoms with Gasteiger partial charge in [0, 0.05) is 6.54 Å². The van der Waals surface area contributed by atoms with E-state index in [1.165, 1.54) is 0 Å². The molecule has 10 nitrogen and oxygen atoms in total. The summed E-state index contributed by atoms with van der Waals surface area (Å²) in [4.78, 5) is 10.7. The summed E-state index contributed by atoms with van der Waals surface area (Å²) in [5.74, 6) is 0.395. The molecule has 78 valence electrons. The Hall–Kier alpha value is -1.81. The summed E-state index contributed by atoms with van der Waals surface area (Å²) >= 11 is 0. The zero-order valence-corrected chi connectivity index (χ0v) is 6.94. The third-order valence-electron chi connectivity index (χ3n) is 1.33. The van der Waals surface area contributed by atoms with E-state index >= 15 is 0 Å². The summed E-state index contributed by atoms with van der Waals surface area (Å²) in [5.41, 5.74) is 0. The molecule has 0 atom stereocenters. The fraction of sp³-hybridized carbons (Fsp3) is 0.750. The lowest BCUT2D eigenvalue weighted by Crippen LogP contribution is -2.28. The lowest BCUT2D eigenvalue weighted by atomic mass is 10.5. The Bertz CT molecular complexity index is 238. The second-order valence-corrected chi connectivity index (χ2v) is 2.12. The second kappa shape index (κ2) is 5.77. The van der Waals surface area contributed by atoms with Crippen LogP contribution in [0.1, 0.15) is 0 Å². The predicted molar refractivity (Wildman–Crippen MR) is 41.2 cm³/mol. The van der Waals surface area contributed by atoms with Crippen molar-refractivity contribution in [2.24, 2.45) is 25.8 Å². The molecule has 0 unspecified atom stereocenters. The van der Waals surface area contributed by atoms with Crippen LogP contribution in [0.4, 0.5) is 0 Å². The number of nitrogens with zero attached hydrogens (tertiary/aromatic N) is 5. The second-order valence-electron chi connectivity index (χ2n) is 2.12. The van der Waals surface area contributed by atoms with Crippen LogP contribution in [0.15, 0.2) is 25.8 Å². The van der Waals surface area contributed by atoms with Crippen LogP contribution in [0.25, 0.3) is 0 Å². The van der Waals surface area contributed by atoms with E-state index in [0.29, 0.717) is 18.9 Å². The third kappa shape index (κ3) is 2.91. The standard InChI is InChI=1S/C4H8N6O4/c11-13-9-7-4(8-10-14-12)3-5-1-2-6-3/h4,11-12H,1-2H2,(H,5,6). The molecule has 1 aliphatic rings. The lowest BCUT2D eigenvalue weighted by Gasteiger charge is -2.02. The Kier molecular flexibility index (Phi) is 4.23. The summed E-state index contributed by atoms with van der Waals surface area (Å²) in [5, 5.41) is 31.1. The molecule has 0 bridgehead atoms. The van der Waals surface area contributed by atoms with Gasteiger partial charge in [-0.15, -0.1) is 10.2 Å². The SMILES string of the molecule is OON=NC(N=NOO)C1=NCCN1. The smallest absolute Gasteiger partial charge is 0.244 e. The van der Waals surface area contributed by atoms with Gasteiger partial charge in [0.1, 0.15) is 5.84 Å². The van der Waals surface area contributed by atoms with Gasteiger partial charge in [-0.05, 0) is 0 Å². The van der Waals surface area contributed by atoms with Crippen molar-refractivity contribution in [1.82, 2.24) is 5.32 Å². The topological polar surface area (TPSA) is 133 Å². The van der Waals surface area contributed by atoms with Gasteiger partial charge in [-0.1, -0.05) is 0 Å². The molecule has 14 heavy (non-hydrogen) atoms. The fourth-order valence-corrected chi connectivity index (χ4v) is 0.853. The molecule has 0 saturated carbocycles. The van der Waals surface area contributed by atoms with Crippen LogP contribution < -0.4 is 5.32 Å². The zero-order valence-electron chi connectivity index (χ0n) is 6.94. The van der Waals surface area contributed by atoms with Crippen LogP contribution in [-0.2, 0) is 9.98 Å². The van der Waals surface area contributed by atoms with Crippen molar-refractivity contribution in [3.63, 3.8) is 0 Å². The number of rotatable bonds is 5. The maximum absolute atomic E-state index is 7.91. The Morgan fingerprint density at radius 3 is 2.36 bits per heavy atom. The van der Waals surface area contributed by atoms with Crippen molar-refractivity contribution >= 4 is 5.84 Å². The molecule has 0 fully saturated rings. The minimum Gasteiger partial charge on any atom is -0.368 e. The molecule has 1 rings (SSSR count). The molecule has 3 N–H and O–H groups in total. The Morgan fingerprint density at radius 2 is 1.93 bits per heavy atom. The molecule has 0 aromatic heterocycles. The van der Waals surface area contributed by atoms with E-state index in [9.17, 15) is 0 Å². The first kappa shape index (κ1) is 10.3. The summed E-state index contributed by atoms with van der Waals surface area (Å²) in [6.07, 6.45) is -0.934. The number of hydrogen-bond donors (Lipinski definition) is 3. The summed E-state index contributed by atoms with van der Waals surface area (Å²) in [7, 11) is 0. The van der Waals surface area contributed by atoms with Crippen LogP contribution in [0.2, 0.25) is 0 Å². The van der Waals surface area contributed by atoms with E-state index in [1.807, 2.05) is 0 Å². The normalized spacial score (nSPS) is 18.3. The van der Waals surface area contributed by atoms with Crippen molar-refractivity contribution < 1.29 is 20.5 Å². The highest BCUT2D eigenvalue weighted by atomic mass is 17.2. The highest BCUT2D eigenvalue weighted by Crippen LogP contribution is 2.01. The van der Waals surface area contributed by atoms with E-state index in [-0.39, 0.29) is 0 Å². The lowest BCUT2D eigenvalue weighted by molar-refractivity contribution is -0.254. The van der Waals surface area contributed by atoms with Gasteiger partial charge < -0.3 is 5.32 Å². The number of nitrogens with one attached hydrogen (secondary N) is 1. The van der Waals surface area contributed by atoms with Crippen molar-refractivity contribution in [3.05, 3.63) is 0 Å². The minimum atomic E-state index is -0.934. The first-order chi connectivity index (χ1) is 6.88. The first-order valence-electron chi connectivity index (χ1n) is 3.58. The van der Waals surface area contributed by atoms with Crippen molar-refractivity contribution in [3.8, 4) is 0 Å². The van der Waals surface area contributed by atoms with Crippen LogP contribution in [0.5, 0.6) is 0 Å². The van der Waals surface area contributed by atoms with Gasteiger partial charge >= 0.3 is 0 Å². The number of hydrogen-bond acceptors (Lipinski definition) is 10. The van der Waals surface area contributed by atoms with Crippen LogP contribution in [-0.4, -0.2) is 35.6 Å². The summed E-state index contributed by atoms with van der Waals surface area (Å²) in [6, 6.07) is 0. The summed E-state index contributed by atoms with van der Waals surface area (Å²) in [6.45, 7) is 1.23. The molecular weight excluding hydrogens is 196 g/mol. The fourth-order valence-electron chi connectivity index (χ4n) is 0.853. The van der Waals surface area contributed by atoms with Gasteiger partial charge in [0.15, 0.2) is 0 Å². The van der Waals surface area contributed by atoms with E-state index in [2.05, 4.69) is 41.1 Å². The Balaban J connectivity index is 2.60. The molecule has 0 radical (unpaired) electrons. The molecule has 0 saturated heterocycles.